The zero-order valence-corrected chi connectivity index (χ0v) is 12.0. The van der Waals surface area contributed by atoms with Crippen molar-refractivity contribution in [3.05, 3.63) is 34.9 Å². The Kier molecular flexibility index (Phi) is 5.20. The van der Waals surface area contributed by atoms with Crippen LogP contribution in [0.3, 0.4) is 0 Å². The van der Waals surface area contributed by atoms with Gasteiger partial charge in [-0.25, -0.2) is 0 Å². The number of aliphatic hydroxyl groups is 1. The molecular formula is C17H21NO2. The van der Waals surface area contributed by atoms with Crippen LogP contribution in [0.4, 0.5) is 0 Å². The molecule has 1 fully saturated rings. The molecule has 2 rings (SSSR count). The van der Waals surface area contributed by atoms with Gasteiger partial charge in [0.25, 0.3) is 5.91 Å². The molecule has 1 amide bonds. The number of nitrogens with zero attached hydrogens (tertiary/aromatic N) is 1. The summed E-state index contributed by atoms with van der Waals surface area (Å²) in [5, 5.41) is 8.84. The van der Waals surface area contributed by atoms with Crippen molar-refractivity contribution >= 4 is 5.91 Å². The third-order valence-electron chi connectivity index (χ3n) is 3.60. The molecule has 1 aromatic carbocycles. The van der Waals surface area contributed by atoms with E-state index < -0.39 is 0 Å². The van der Waals surface area contributed by atoms with E-state index in [-0.39, 0.29) is 12.5 Å². The second kappa shape index (κ2) is 7.12. The Morgan fingerprint density at radius 3 is 2.60 bits per heavy atom. The molecule has 0 spiro atoms. The number of hydrogen-bond donors (Lipinski definition) is 1. The summed E-state index contributed by atoms with van der Waals surface area (Å²) in [6.07, 6.45) is 4.56. The van der Waals surface area contributed by atoms with Gasteiger partial charge in [0.15, 0.2) is 0 Å². The summed E-state index contributed by atoms with van der Waals surface area (Å²) in [6.45, 7) is 3.45. The van der Waals surface area contributed by atoms with Gasteiger partial charge in [-0.15, -0.1) is 0 Å². The quantitative estimate of drug-likeness (QED) is 0.797. The van der Waals surface area contributed by atoms with Gasteiger partial charge in [-0.05, 0) is 37.5 Å². The first kappa shape index (κ1) is 14.6. The topological polar surface area (TPSA) is 40.5 Å². The fourth-order valence-electron chi connectivity index (χ4n) is 2.53. The number of aryl methyl sites for hydroxylation is 1. The molecule has 0 saturated carbocycles. The molecule has 1 aromatic rings. The maximum Gasteiger partial charge on any atom is 0.255 e. The van der Waals surface area contributed by atoms with Gasteiger partial charge in [-0.1, -0.05) is 30.7 Å². The molecule has 0 bridgehead atoms. The molecule has 1 aliphatic heterocycles. The Labute approximate surface area is 120 Å². The molecule has 1 aliphatic rings. The van der Waals surface area contributed by atoms with Crippen LogP contribution < -0.4 is 0 Å². The molecule has 1 N–H and O–H groups in total. The van der Waals surface area contributed by atoms with Crippen LogP contribution in [0.25, 0.3) is 0 Å². The number of benzene rings is 1. The minimum absolute atomic E-state index is 0.0640. The van der Waals surface area contributed by atoms with Crippen molar-refractivity contribution in [3.63, 3.8) is 0 Å². The molecule has 0 unspecified atom stereocenters. The zero-order valence-electron chi connectivity index (χ0n) is 12.0. The van der Waals surface area contributed by atoms with E-state index in [1.807, 2.05) is 30.0 Å². The Balaban J connectivity index is 2.28. The lowest BCUT2D eigenvalue weighted by Crippen LogP contribution is -2.32. The summed E-state index contributed by atoms with van der Waals surface area (Å²) in [5.74, 6) is 5.59. The van der Waals surface area contributed by atoms with E-state index in [0.29, 0.717) is 11.1 Å². The first-order chi connectivity index (χ1) is 9.72. The van der Waals surface area contributed by atoms with Crippen LogP contribution in [0, 0.1) is 18.8 Å². The van der Waals surface area contributed by atoms with Crippen molar-refractivity contribution in [2.75, 3.05) is 19.7 Å². The second-order valence-electron chi connectivity index (χ2n) is 5.22. The van der Waals surface area contributed by atoms with Crippen LogP contribution >= 0.6 is 0 Å². The lowest BCUT2D eigenvalue weighted by molar-refractivity contribution is 0.0761. The maximum absolute atomic E-state index is 12.6. The van der Waals surface area contributed by atoms with Gasteiger partial charge in [0.1, 0.15) is 6.61 Å². The van der Waals surface area contributed by atoms with Crippen molar-refractivity contribution in [2.24, 2.45) is 0 Å². The summed E-state index contributed by atoms with van der Waals surface area (Å²) in [4.78, 5) is 14.6. The predicted molar refractivity (Wildman–Crippen MR) is 79.5 cm³/mol. The van der Waals surface area contributed by atoms with Crippen molar-refractivity contribution in [1.29, 1.82) is 0 Å². The number of aliphatic hydroxyl groups excluding tert-OH is 1. The highest BCUT2D eigenvalue weighted by Gasteiger charge is 2.19. The van der Waals surface area contributed by atoms with Gasteiger partial charge < -0.3 is 10.0 Å². The second-order valence-corrected chi connectivity index (χ2v) is 5.22. The summed E-state index contributed by atoms with van der Waals surface area (Å²) < 4.78 is 0. The van der Waals surface area contributed by atoms with Crippen molar-refractivity contribution in [1.82, 2.24) is 4.90 Å². The zero-order chi connectivity index (χ0) is 14.4. The van der Waals surface area contributed by atoms with Gasteiger partial charge in [-0.3, -0.25) is 4.79 Å². The highest BCUT2D eigenvalue weighted by atomic mass is 16.2. The van der Waals surface area contributed by atoms with Gasteiger partial charge in [0.2, 0.25) is 0 Å². The summed E-state index contributed by atoms with van der Waals surface area (Å²) >= 11 is 0. The highest BCUT2D eigenvalue weighted by molar-refractivity contribution is 5.96. The largest absolute Gasteiger partial charge is 0.384 e. The lowest BCUT2D eigenvalue weighted by atomic mass is 10.0. The van der Waals surface area contributed by atoms with Crippen molar-refractivity contribution in [3.8, 4) is 11.8 Å². The van der Waals surface area contributed by atoms with Gasteiger partial charge >= 0.3 is 0 Å². The maximum atomic E-state index is 12.6. The monoisotopic (exact) mass is 271 g/mol. The molecule has 0 radical (unpaired) electrons. The lowest BCUT2D eigenvalue weighted by Gasteiger charge is -2.21. The first-order valence-electron chi connectivity index (χ1n) is 7.22. The average molecular weight is 271 g/mol. The number of hydrogen-bond acceptors (Lipinski definition) is 2. The van der Waals surface area contributed by atoms with Crippen LogP contribution in [-0.2, 0) is 0 Å². The van der Waals surface area contributed by atoms with Crippen molar-refractivity contribution in [2.45, 2.75) is 32.6 Å². The molecular weight excluding hydrogens is 250 g/mol. The first-order valence-corrected chi connectivity index (χ1v) is 7.22. The predicted octanol–water partition coefficient (Wildman–Crippen LogP) is 2.36. The Bertz CT molecular complexity index is 532. The SMILES string of the molecule is Cc1ccc(C(=O)N2CCCCCC2)c(C#CCO)c1. The van der Waals surface area contributed by atoms with Gasteiger partial charge in [0, 0.05) is 18.7 Å². The number of carbonyl (C=O) groups is 1. The number of rotatable bonds is 1. The van der Waals surface area contributed by atoms with Gasteiger partial charge in [0.05, 0.1) is 5.56 Å². The molecule has 20 heavy (non-hydrogen) atoms. The summed E-state index contributed by atoms with van der Waals surface area (Å²) in [6, 6.07) is 5.70. The number of likely N-dealkylation sites (tertiary alicyclic amines) is 1. The fraction of sp³-hybridized carbons (Fsp3) is 0.471. The third-order valence-corrected chi connectivity index (χ3v) is 3.60. The van der Waals surface area contributed by atoms with E-state index in [0.717, 1.165) is 31.5 Å². The minimum atomic E-state index is -0.189. The Hall–Kier alpha value is -1.79. The van der Waals surface area contributed by atoms with E-state index >= 15 is 0 Å². The third kappa shape index (κ3) is 3.61. The average Bonchev–Trinajstić information content (AvgIpc) is 2.73. The summed E-state index contributed by atoms with van der Waals surface area (Å²) in [5.41, 5.74) is 2.44. The van der Waals surface area contributed by atoms with Crippen LogP contribution in [0.2, 0.25) is 0 Å². The van der Waals surface area contributed by atoms with Crippen LogP contribution in [0.15, 0.2) is 18.2 Å². The molecule has 106 valence electrons. The fourth-order valence-corrected chi connectivity index (χ4v) is 2.53. The molecule has 0 aromatic heterocycles. The standard InChI is InChI=1S/C17H21NO2/c1-14-8-9-16(15(13-14)7-6-12-19)17(20)18-10-4-2-3-5-11-18/h8-9,13,19H,2-5,10-12H2,1H3. The van der Waals surface area contributed by atoms with E-state index in [2.05, 4.69) is 11.8 Å². The number of amides is 1. The normalized spacial score (nSPS) is 15.2. The van der Waals surface area contributed by atoms with Gasteiger partial charge in [-0.2, -0.15) is 0 Å². The van der Waals surface area contributed by atoms with Crippen LogP contribution in [0.1, 0.15) is 47.2 Å². The van der Waals surface area contributed by atoms with Crippen molar-refractivity contribution < 1.29 is 9.90 Å². The minimum Gasteiger partial charge on any atom is -0.384 e. The highest BCUT2D eigenvalue weighted by Crippen LogP contribution is 2.17. The van der Waals surface area contributed by atoms with Crippen LogP contribution in [0.5, 0.6) is 0 Å². The van der Waals surface area contributed by atoms with Crippen LogP contribution in [-0.4, -0.2) is 35.6 Å². The van der Waals surface area contributed by atoms with E-state index in [1.54, 1.807) is 0 Å². The molecule has 3 nitrogen and oxygen atoms in total. The molecule has 1 heterocycles. The molecule has 0 aliphatic carbocycles. The molecule has 0 atom stereocenters. The molecule has 3 heteroatoms. The van der Waals surface area contributed by atoms with E-state index in [4.69, 9.17) is 5.11 Å². The molecule has 1 saturated heterocycles. The smallest absolute Gasteiger partial charge is 0.255 e. The number of carbonyl (C=O) groups excluding carboxylic acids is 1. The Morgan fingerprint density at radius 2 is 1.95 bits per heavy atom. The van der Waals surface area contributed by atoms with E-state index in [1.165, 1.54) is 12.8 Å². The summed E-state index contributed by atoms with van der Waals surface area (Å²) in [7, 11) is 0. The Morgan fingerprint density at radius 1 is 1.25 bits per heavy atom. The van der Waals surface area contributed by atoms with E-state index in [9.17, 15) is 4.79 Å².